The zero-order valence-electron chi connectivity index (χ0n) is 12.2. The fourth-order valence-corrected chi connectivity index (χ4v) is 3.26. The molecule has 2 rings (SSSR count). The van der Waals surface area contributed by atoms with Crippen molar-refractivity contribution in [2.45, 2.75) is 64.5 Å². The van der Waals surface area contributed by atoms with Crippen molar-refractivity contribution in [3.05, 3.63) is 35.6 Å². The number of hydrogen-bond donors (Lipinski definition) is 1. The van der Waals surface area contributed by atoms with Crippen LogP contribution in [0, 0.1) is 11.7 Å². The van der Waals surface area contributed by atoms with E-state index in [0.717, 1.165) is 17.9 Å². The second-order valence-corrected chi connectivity index (χ2v) is 5.87. The van der Waals surface area contributed by atoms with Crippen LogP contribution in [-0.2, 0) is 0 Å². The number of benzene rings is 1. The molecule has 0 heterocycles. The van der Waals surface area contributed by atoms with Gasteiger partial charge in [-0.3, -0.25) is 0 Å². The number of hydrogen-bond acceptors (Lipinski definition) is 1. The van der Waals surface area contributed by atoms with Gasteiger partial charge in [-0.1, -0.05) is 38.3 Å². The summed E-state index contributed by atoms with van der Waals surface area (Å²) in [5, 5.41) is 3.71. The molecule has 0 radical (unpaired) electrons. The van der Waals surface area contributed by atoms with E-state index in [-0.39, 0.29) is 11.9 Å². The lowest BCUT2D eigenvalue weighted by molar-refractivity contribution is 0.262. The molecule has 0 aliphatic heterocycles. The van der Waals surface area contributed by atoms with Gasteiger partial charge in [0.1, 0.15) is 5.82 Å². The Labute approximate surface area is 116 Å². The molecule has 1 aliphatic carbocycles. The van der Waals surface area contributed by atoms with E-state index >= 15 is 0 Å². The summed E-state index contributed by atoms with van der Waals surface area (Å²) in [6.07, 6.45) is 7.81. The average Bonchev–Trinajstić information content (AvgIpc) is 2.45. The van der Waals surface area contributed by atoms with Gasteiger partial charge in [-0.15, -0.1) is 0 Å². The van der Waals surface area contributed by atoms with E-state index < -0.39 is 0 Å². The van der Waals surface area contributed by atoms with Gasteiger partial charge in [0, 0.05) is 12.1 Å². The molecule has 1 unspecified atom stereocenters. The van der Waals surface area contributed by atoms with Crippen LogP contribution in [0.25, 0.3) is 0 Å². The normalized spacial score (nSPS) is 20.2. The lowest BCUT2D eigenvalue weighted by atomic mass is 9.84. The maximum absolute atomic E-state index is 13.3. The highest BCUT2D eigenvalue weighted by Crippen LogP contribution is 2.28. The summed E-state index contributed by atoms with van der Waals surface area (Å²) in [6.45, 7) is 4.45. The topological polar surface area (TPSA) is 12.0 Å². The zero-order chi connectivity index (χ0) is 13.7. The summed E-state index contributed by atoms with van der Waals surface area (Å²) in [7, 11) is 0. The maximum atomic E-state index is 13.3. The van der Waals surface area contributed by atoms with E-state index in [0.29, 0.717) is 6.04 Å². The van der Waals surface area contributed by atoms with Crippen molar-refractivity contribution in [1.29, 1.82) is 0 Å². The molecule has 0 saturated heterocycles. The van der Waals surface area contributed by atoms with Crippen LogP contribution < -0.4 is 5.32 Å². The quantitative estimate of drug-likeness (QED) is 0.802. The molecule has 0 amide bonds. The van der Waals surface area contributed by atoms with Crippen molar-refractivity contribution >= 4 is 0 Å². The SMILES string of the molecule is CCC(N[C@@H](C)C1CCCCC1)c1cccc(F)c1. The number of nitrogens with one attached hydrogen (secondary N) is 1. The van der Waals surface area contributed by atoms with Crippen molar-refractivity contribution in [2.75, 3.05) is 0 Å². The van der Waals surface area contributed by atoms with Crippen molar-refractivity contribution in [1.82, 2.24) is 5.32 Å². The molecule has 0 bridgehead atoms. The fraction of sp³-hybridized carbons (Fsp3) is 0.647. The molecule has 2 heteroatoms. The third-order valence-electron chi connectivity index (χ3n) is 4.48. The molecular formula is C17H26FN. The molecule has 1 nitrogen and oxygen atoms in total. The van der Waals surface area contributed by atoms with Gasteiger partial charge in [-0.05, 0) is 49.8 Å². The minimum absolute atomic E-state index is 0.136. The van der Waals surface area contributed by atoms with Gasteiger partial charge in [0.05, 0.1) is 0 Å². The van der Waals surface area contributed by atoms with E-state index in [4.69, 9.17) is 0 Å². The van der Waals surface area contributed by atoms with Crippen LogP contribution in [0.3, 0.4) is 0 Å². The summed E-state index contributed by atoms with van der Waals surface area (Å²) in [4.78, 5) is 0. The third kappa shape index (κ3) is 4.04. The van der Waals surface area contributed by atoms with Crippen LogP contribution in [0.15, 0.2) is 24.3 Å². The van der Waals surface area contributed by atoms with Crippen LogP contribution in [0.2, 0.25) is 0 Å². The van der Waals surface area contributed by atoms with Crippen molar-refractivity contribution < 1.29 is 4.39 Å². The summed E-state index contributed by atoms with van der Waals surface area (Å²) < 4.78 is 13.3. The highest BCUT2D eigenvalue weighted by Gasteiger charge is 2.22. The molecule has 0 spiro atoms. The molecule has 2 atom stereocenters. The van der Waals surface area contributed by atoms with Gasteiger partial charge in [-0.2, -0.15) is 0 Å². The molecule has 19 heavy (non-hydrogen) atoms. The van der Waals surface area contributed by atoms with Gasteiger partial charge in [0.2, 0.25) is 0 Å². The van der Waals surface area contributed by atoms with Gasteiger partial charge in [0.25, 0.3) is 0 Å². The molecular weight excluding hydrogens is 237 g/mol. The van der Waals surface area contributed by atoms with Crippen LogP contribution in [0.4, 0.5) is 4.39 Å². The first-order valence-electron chi connectivity index (χ1n) is 7.72. The highest BCUT2D eigenvalue weighted by atomic mass is 19.1. The zero-order valence-corrected chi connectivity index (χ0v) is 12.2. The van der Waals surface area contributed by atoms with Crippen LogP contribution in [0.1, 0.15) is 64.0 Å². The summed E-state index contributed by atoms with van der Waals surface area (Å²) in [6, 6.07) is 7.80. The molecule has 1 fully saturated rings. The lowest BCUT2D eigenvalue weighted by Crippen LogP contribution is -2.37. The fourth-order valence-electron chi connectivity index (χ4n) is 3.26. The first kappa shape index (κ1) is 14.5. The molecule has 0 aromatic heterocycles. The van der Waals surface area contributed by atoms with Crippen molar-refractivity contribution in [3.8, 4) is 0 Å². The molecule has 1 saturated carbocycles. The molecule has 1 aromatic carbocycles. The molecule has 106 valence electrons. The highest BCUT2D eigenvalue weighted by molar-refractivity contribution is 5.20. The van der Waals surface area contributed by atoms with E-state index in [9.17, 15) is 4.39 Å². The van der Waals surface area contributed by atoms with E-state index in [1.807, 2.05) is 6.07 Å². The lowest BCUT2D eigenvalue weighted by Gasteiger charge is -2.31. The summed E-state index contributed by atoms with van der Waals surface area (Å²) >= 11 is 0. The Morgan fingerprint density at radius 2 is 2.00 bits per heavy atom. The standard InChI is InChI=1S/C17H26FN/c1-3-17(15-10-7-11-16(18)12-15)19-13(2)14-8-5-4-6-9-14/h7,10-14,17,19H,3-6,8-9H2,1-2H3/t13-,17?/m0/s1. The van der Waals surface area contributed by atoms with Gasteiger partial charge in [-0.25, -0.2) is 4.39 Å². The van der Waals surface area contributed by atoms with Gasteiger partial charge < -0.3 is 5.32 Å². The Morgan fingerprint density at radius 1 is 1.26 bits per heavy atom. The van der Waals surface area contributed by atoms with Gasteiger partial charge in [0.15, 0.2) is 0 Å². The Morgan fingerprint density at radius 3 is 2.63 bits per heavy atom. The van der Waals surface area contributed by atoms with E-state index in [2.05, 4.69) is 19.2 Å². The number of halogens is 1. The minimum atomic E-state index is -0.136. The Bertz CT molecular complexity index is 385. The smallest absolute Gasteiger partial charge is 0.123 e. The predicted molar refractivity (Wildman–Crippen MR) is 78.6 cm³/mol. The maximum Gasteiger partial charge on any atom is 0.123 e. The largest absolute Gasteiger partial charge is 0.307 e. The Balaban J connectivity index is 1.98. The summed E-state index contributed by atoms with van der Waals surface area (Å²) in [5.41, 5.74) is 1.07. The second kappa shape index (κ2) is 7.04. The van der Waals surface area contributed by atoms with Crippen LogP contribution >= 0.6 is 0 Å². The first-order valence-corrected chi connectivity index (χ1v) is 7.72. The monoisotopic (exact) mass is 263 g/mol. The molecule has 1 aromatic rings. The summed E-state index contributed by atoms with van der Waals surface area (Å²) in [5.74, 6) is 0.652. The van der Waals surface area contributed by atoms with Crippen LogP contribution in [0.5, 0.6) is 0 Å². The van der Waals surface area contributed by atoms with E-state index in [1.54, 1.807) is 12.1 Å². The third-order valence-corrected chi connectivity index (χ3v) is 4.48. The first-order chi connectivity index (χ1) is 9.20. The van der Waals surface area contributed by atoms with Crippen molar-refractivity contribution in [3.63, 3.8) is 0 Å². The van der Waals surface area contributed by atoms with Crippen LogP contribution in [-0.4, -0.2) is 6.04 Å². The van der Waals surface area contributed by atoms with Gasteiger partial charge >= 0.3 is 0 Å². The molecule has 1 aliphatic rings. The minimum Gasteiger partial charge on any atom is -0.307 e. The number of rotatable bonds is 5. The Kier molecular flexibility index (Phi) is 5.38. The second-order valence-electron chi connectivity index (χ2n) is 5.87. The molecule has 1 N–H and O–H groups in total. The average molecular weight is 263 g/mol. The predicted octanol–water partition coefficient (Wildman–Crippen LogP) is 4.84. The van der Waals surface area contributed by atoms with E-state index in [1.165, 1.54) is 38.2 Å². The Hall–Kier alpha value is -0.890. The van der Waals surface area contributed by atoms with Crippen molar-refractivity contribution in [2.24, 2.45) is 5.92 Å².